The van der Waals surface area contributed by atoms with Crippen LogP contribution in [-0.2, 0) is 0 Å². The molecular formula is C26H19N5O2. The molecule has 0 aliphatic carbocycles. The SMILES string of the molecule is Cc1cccc(/C=N/NC(=O)c2ccc(-c3nnc(-c4ccc5ncccc5c4)o3)cc2)c1. The Labute approximate surface area is 189 Å². The zero-order chi connectivity index (χ0) is 22.6. The third-order valence-electron chi connectivity index (χ3n) is 5.09. The van der Waals surface area contributed by atoms with Crippen molar-refractivity contribution in [1.82, 2.24) is 20.6 Å². The van der Waals surface area contributed by atoms with Gasteiger partial charge in [-0.1, -0.05) is 35.9 Å². The van der Waals surface area contributed by atoms with Crippen molar-refractivity contribution in [2.45, 2.75) is 6.92 Å². The fraction of sp³-hybridized carbons (Fsp3) is 0.0385. The second kappa shape index (κ2) is 8.84. The zero-order valence-electron chi connectivity index (χ0n) is 17.8. The van der Waals surface area contributed by atoms with E-state index in [1.54, 1.807) is 36.7 Å². The highest BCUT2D eigenvalue weighted by molar-refractivity contribution is 5.95. The minimum atomic E-state index is -0.304. The Hall–Kier alpha value is -4.65. The number of hydrazone groups is 1. The Balaban J connectivity index is 1.28. The van der Waals surface area contributed by atoms with Gasteiger partial charge in [0.05, 0.1) is 11.7 Å². The first kappa shape index (κ1) is 20.3. The van der Waals surface area contributed by atoms with Gasteiger partial charge in [0, 0.05) is 28.3 Å². The minimum absolute atomic E-state index is 0.304. The van der Waals surface area contributed by atoms with Crippen LogP contribution in [-0.4, -0.2) is 27.3 Å². The van der Waals surface area contributed by atoms with Crippen LogP contribution < -0.4 is 5.43 Å². The normalized spacial score (nSPS) is 11.2. The Morgan fingerprint density at radius 2 is 1.70 bits per heavy atom. The van der Waals surface area contributed by atoms with Crippen LogP contribution in [0.15, 0.2) is 94.6 Å². The van der Waals surface area contributed by atoms with Gasteiger partial charge in [-0.25, -0.2) is 5.43 Å². The summed E-state index contributed by atoms with van der Waals surface area (Å²) in [6.45, 7) is 2.00. The van der Waals surface area contributed by atoms with E-state index < -0.39 is 0 Å². The highest BCUT2D eigenvalue weighted by Crippen LogP contribution is 2.26. The van der Waals surface area contributed by atoms with Gasteiger partial charge in [0.25, 0.3) is 5.91 Å². The van der Waals surface area contributed by atoms with Crippen LogP contribution in [0.3, 0.4) is 0 Å². The smallest absolute Gasteiger partial charge is 0.271 e. The quantitative estimate of drug-likeness (QED) is 0.310. The third kappa shape index (κ3) is 4.52. The average Bonchev–Trinajstić information content (AvgIpc) is 3.34. The summed E-state index contributed by atoms with van der Waals surface area (Å²) >= 11 is 0. The van der Waals surface area contributed by atoms with E-state index in [0.717, 1.165) is 33.2 Å². The van der Waals surface area contributed by atoms with Gasteiger partial charge in [-0.2, -0.15) is 5.10 Å². The summed E-state index contributed by atoms with van der Waals surface area (Å²) < 4.78 is 5.86. The maximum atomic E-state index is 12.4. The van der Waals surface area contributed by atoms with Crippen molar-refractivity contribution in [1.29, 1.82) is 0 Å². The summed E-state index contributed by atoms with van der Waals surface area (Å²) in [4.78, 5) is 16.7. The second-order valence-electron chi connectivity index (χ2n) is 7.51. The predicted molar refractivity (Wildman–Crippen MR) is 127 cm³/mol. The molecule has 0 unspecified atom stereocenters. The summed E-state index contributed by atoms with van der Waals surface area (Å²) in [7, 11) is 0. The van der Waals surface area contributed by atoms with Crippen molar-refractivity contribution >= 4 is 23.0 Å². The molecular weight excluding hydrogens is 414 g/mol. The lowest BCUT2D eigenvalue weighted by Gasteiger charge is -2.01. The Morgan fingerprint density at radius 1 is 0.909 bits per heavy atom. The molecule has 1 N–H and O–H groups in total. The molecule has 0 aliphatic heterocycles. The largest absolute Gasteiger partial charge is 0.416 e. The van der Waals surface area contributed by atoms with Gasteiger partial charge in [-0.05, 0) is 61.0 Å². The van der Waals surface area contributed by atoms with Crippen LogP contribution in [0.5, 0.6) is 0 Å². The molecule has 0 spiro atoms. The molecule has 3 aromatic carbocycles. The van der Waals surface area contributed by atoms with E-state index in [9.17, 15) is 4.79 Å². The first-order chi connectivity index (χ1) is 16.2. The van der Waals surface area contributed by atoms with Crippen LogP contribution in [0.4, 0.5) is 0 Å². The molecule has 2 aromatic heterocycles. The molecule has 0 bridgehead atoms. The van der Waals surface area contributed by atoms with Crippen molar-refractivity contribution < 1.29 is 9.21 Å². The first-order valence-electron chi connectivity index (χ1n) is 10.3. The number of amides is 1. The first-order valence-corrected chi connectivity index (χ1v) is 10.3. The topological polar surface area (TPSA) is 93.3 Å². The molecule has 1 amide bonds. The van der Waals surface area contributed by atoms with Crippen molar-refractivity contribution in [3.63, 3.8) is 0 Å². The van der Waals surface area contributed by atoms with E-state index >= 15 is 0 Å². The maximum Gasteiger partial charge on any atom is 0.271 e. The molecule has 160 valence electrons. The van der Waals surface area contributed by atoms with Gasteiger partial charge < -0.3 is 4.42 Å². The molecule has 0 aliphatic rings. The summed E-state index contributed by atoms with van der Waals surface area (Å²) in [5.74, 6) is 0.491. The number of carbonyl (C=O) groups excluding carboxylic acids is 1. The number of nitrogens with zero attached hydrogens (tertiary/aromatic N) is 4. The van der Waals surface area contributed by atoms with Gasteiger partial charge in [-0.15, -0.1) is 10.2 Å². The van der Waals surface area contributed by atoms with Crippen LogP contribution in [0.1, 0.15) is 21.5 Å². The van der Waals surface area contributed by atoms with Crippen LogP contribution in [0.2, 0.25) is 0 Å². The number of pyridine rings is 1. The zero-order valence-corrected chi connectivity index (χ0v) is 17.8. The summed E-state index contributed by atoms with van der Waals surface area (Å²) in [6, 6.07) is 24.4. The number of hydrogen-bond donors (Lipinski definition) is 1. The fourth-order valence-corrected chi connectivity index (χ4v) is 3.41. The minimum Gasteiger partial charge on any atom is -0.416 e. The number of nitrogens with one attached hydrogen (secondary N) is 1. The van der Waals surface area contributed by atoms with Crippen LogP contribution >= 0.6 is 0 Å². The molecule has 0 saturated carbocycles. The Bertz CT molecular complexity index is 1470. The molecule has 5 rings (SSSR count). The van der Waals surface area contributed by atoms with Crippen molar-refractivity contribution in [3.8, 4) is 22.9 Å². The molecule has 33 heavy (non-hydrogen) atoms. The summed E-state index contributed by atoms with van der Waals surface area (Å²) in [5.41, 5.74) is 7.49. The molecule has 0 fully saturated rings. The third-order valence-corrected chi connectivity index (χ3v) is 5.09. The van der Waals surface area contributed by atoms with E-state index in [0.29, 0.717) is 17.3 Å². The number of carbonyl (C=O) groups is 1. The van der Waals surface area contributed by atoms with E-state index in [4.69, 9.17) is 4.42 Å². The number of hydrogen-bond acceptors (Lipinski definition) is 6. The molecule has 0 saturated heterocycles. The van der Waals surface area contributed by atoms with Gasteiger partial charge in [0.1, 0.15) is 0 Å². The molecule has 7 nitrogen and oxygen atoms in total. The van der Waals surface area contributed by atoms with Gasteiger partial charge in [-0.3, -0.25) is 9.78 Å². The van der Waals surface area contributed by atoms with Gasteiger partial charge >= 0.3 is 0 Å². The molecule has 5 aromatic rings. The Kier molecular flexibility index (Phi) is 5.43. The second-order valence-corrected chi connectivity index (χ2v) is 7.51. The van der Waals surface area contributed by atoms with E-state index in [1.807, 2.05) is 61.5 Å². The maximum absolute atomic E-state index is 12.4. The lowest BCUT2D eigenvalue weighted by Crippen LogP contribution is -2.17. The summed E-state index contributed by atoms with van der Waals surface area (Å²) in [6.07, 6.45) is 3.37. The van der Waals surface area contributed by atoms with E-state index in [2.05, 4.69) is 25.7 Å². The van der Waals surface area contributed by atoms with Gasteiger partial charge in [0.2, 0.25) is 11.8 Å². The lowest BCUT2D eigenvalue weighted by atomic mass is 10.1. The van der Waals surface area contributed by atoms with Crippen molar-refractivity contribution in [2.75, 3.05) is 0 Å². The molecule has 0 atom stereocenters. The van der Waals surface area contributed by atoms with Crippen LogP contribution in [0, 0.1) is 6.92 Å². The molecule has 2 heterocycles. The van der Waals surface area contributed by atoms with Crippen molar-refractivity contribution in [3.05, 3.63) is 102 Å². The van der Waals surface area contributed by atoms with Crippen LogP contribution in [0.25, 0.3) is 33.8 Å². The lowest BCUT2D eigenvalue weighted by molar-refractivity contribution is 0.0955. The number of aromatic nitrogens is 3. The standard InChI is InChI=1S/C26H19N5O2/c1-17-4-2-5-18(14-17)16-28-29-24(32)19-7-9-20(10-8-19)25-30-31-26(33-25)22-11-12-23-21(15-22)6-3-13-27-23/h2-16H,1H3,(H,29,32)/b28-16+. The predicted octanol–water partition coefficient (Wildman–Crippen LogP) is 5.02. The van der Waals surface area contributed by atoms with Crippen molar-refractivity contribution in [2.24, 2.45) is 5.10 Å². The monoisotopic (exact) mass is 433 g/mol. The average molecular weight is 433 g/mol. The highest BCUT2D eigenvalue weighted by atomic mass is 16.4. The number of benzene rings is 3. The van der Waals surface area contributed by atoms with E-state index in [-0.39, 0.29) is 5.91 Å². The van der Waals surface area contributed by atoms with Gasteiger partial charge in [0.15, 0.2) is 0 Å². The number of aryl methyl sites for hydroxylation is 1. The fourth-order valence-electron chi connectivity index (χ4n) is 3.41. The summed E-state index contributed by atoms with van der Waals surface area (Å²) in [5, 5.41) is 13.3. The van der Waals surface area contributed by atoms with E-state index in [1.165, 1.54) is 0 Å². The number of rotatable bonds is 5. The molecule has 0 radical (unpaired) electrons. The molecule has 7 heteroatoms. The highest BCUT2D eigenvalue weighted by Gasteiger charge is 2.12. The number of fused-ring (bicyclic) bond motifs is 1. The Morgan fingerprint density at radius 3 is 2.52 bits per heavy atom.